The quantitative estimate of drug-likeness (QED) is 0.484. The Morgan fingerprint density at radius 2 is 1.74 bits per heavy atom. The molecule has 1 aromatic carbocycles. The first-order chi connectivity index (χ1) is 15.9. The molecule has 0 saturated heterocycles. The van der Waals surface area contributed by atoms with Crippen LogP contribution in [0.4, 0.5) is 13.2 Å². The molecule has 1 N–H and O–H groups in total. The van der Waals surface area contributed by atoms with Crippen LogP contribution in [-0.4, -0.2) is 48.8 Å². The summed E-state index contributed by atoms with van der Waals surface area (Å²) in [7, 11) is 0.111. The first-order valence-corrected chi connectivity index (χ1v) is 11.5. The van der Waals surface area contributed by atoms with Gasteiger partial charge in [-0.15, -0.1) is 5.10 Å². The number of hydrogen-bond acceptors (Lipinski definition) is 6. The predicted molar refractivity (Wildman–Crippen MR) is 121 cm³/mol. The summed E-state index contributed by atoms with van der Waals surface area (Å²) < 4.78 is 64.0. The van der Waals surface area contributed by atoms with Gasteiger partial charge in [-0.1, -0.05) is 17.3 Å². The van der Waals surface area contributed by atoms with Crippen molar-refractivity contribution in [3.05, 3.63) is 65.7 Å². The van der Waals surface area contributed by atoms with E-state index >= 15 is 0 Å². The Morgan fingerprint density at radius 3 is 2.29 bits per heavy atom. The lowest BCUT2D eigenvalue weighted by Crippen LogP contribution is -2.36. The topological polar surface area (TPSA) is 91.2 Å². The third kappa shape index (κ3) is 7.26. The summed E-state index contributed by atoms with van der Waals surface area (Å²) in [5, 5.41) is 8.38. The van der Waals surface area contributed by atoms with Crippen LogP contribution in [0.2, 0.25) is 0 Å². The fourth-order valence-electron chi connectivity index (χ4n) is 2.81. The number of methoxy groups -OCH3 is 1. The molecule has 2 aromatic heterocycles. The largest absolute Gasteiger partial charge is 0.497 e. The van der Waals surface area contributed by atoms with Gasteiger partial charge >= 0.3 is 6.18 Å². The van der Waals surface area contributed by atoms with E-state index < -0.39 is 34.6 Å². The number of rotatable bonds is 9. The first-order valence-electron chi connectivity index (χ1n) is 10.3. The Balaban J connectivity index is 1.82. The van der Waals surface area contributed by atoms with Crippen LogP contribution < -0.4 is 14.2 Å². The van der Waals surface area contributed by atoms with Crippen molar-refractivity contribution in [2.24, 2.45) is 0 Å². The van der Waals surface area contributed by atoms with Gasteiger partial charge in [0.15, 0.2) is 6.61 Å². The Morgan fingerprint density at radius 1 is 1.06 bits per heavy atom. The average molecular weight is 498 g/mol. The summed E-state index contributed by atoms with van der Waals surface area (Å²) in [6.45, 7) is 4.48. The molecule has 0 aliphatic rings. The van der Waals surface area contributed by atoms with Crippen molar-refractivity contribution in [2.75, 3.05) is 13.7 Å². The van der Waals surface area contributed by atoms with Crippen molar-refractivity contribution >= 4 is 11.0 Å². The molecule has 0 amide bonds. The van der Waals surface area contributed by atoms with Crippen LogP contribution >= 0.6 is 0 Å². The van der Waals surface area contributed by atoms with E-state index in [4.69, 9.17) is 9.47 Å². The molecule has 0 spiro atoms. The standard InChI is InChI=1S/C22H26F3N5O3S/c1-21(2,3)34(31)28-20(18-10-9-17(11-26-18)33-14-22(23,24)25)19-13-30(29-27-19)12-15-5-7-16(32-4)8-6-15/h5-11,13,20,28H,12,14H2,1-4H3/t20-,34?/m0/s1. The van der Waals surface area contributed by atoms with Crippen molar-refractivity contribution in [1.82, 2.24) is 24.7 Å². The smallest absolute Gasteiger partial charge is 0.422 e. The van der Waals surface area contributed by atoms with E-state index in [-0.39, 0.29) is 5.75 Å². The number of benzene rings is 1. The molecule has 8 nitrogen and oxygen atoms in total. The highest BCUT2D eigenvalue weighted by Crippen LogP contribution is 2.24. The maximum atomic E-state index is 12.8. The molecule has 0 aliphatic heterocycles. The van der Waals surface area contributed by atoms with Crippen LogP contribution in [0.15, 0.2) is 48.8 Å². The van der Waals surface area contributed by atoms with Gasteiger partial charge in [-0.25, -0.2) is 13.6 Å². The van der Waals surface area contributed by atoms with Crippen LogP contribution in [0.5, 0.6) is 11.5 Å². The molecule has 0 radical (unpaired) electrons. The van der Waals surface area contributed by atoms with E-state index in [2.05, 4.69) is 20.0 Å². The minimum absolute atomic E-state index is 0.0278. The number of alkyl halides is 3. The molecular formula is C22H26F3N5O3S. The SMILES string of the molecule is COc1ccc(Cn2cc([C@@H](NS(=O)C(C)(C)C)c3ccc(OCC(F)(F)F)cn3)nn2)cc1. The van der Waals surface area contributed by atoms with Gasteiger partial charge in [-0.2, -0.15) is 13.2 Å². The van der Waals surface area contributed by atoms with Gasteiger partial charge in [0.2, 0.25) is 0 Å². The summed E-state index contributed by atoms with van der Waals surface area (Å²) in [6, 6.07) is 9.68. The summed E-state index contributed by atoms with van der Waals surface area (Å²) in [6.07, 6.45) is -1.55. The van der Waals surface area contributed by atoms with E-state index in [1.165, 1.54) is 18.3 Å². The summed E-state index contributed by atoms with van der Waals surface area (Å²) >= 11 is 0. The van der Waals surface area contributed by atoms with Gasteiger partial charge in [0.25, 0.3) is 0 Å². The van der Waals surface area contributed by atoms with Gasteiger partial charge in [0, 0.05) is 0 Å². The second-order valence-corrected chi connectivity index (χ2v) is 10.4. The lowest BCUT2D eigenvalue weighted by molar-refractivity contribution is -0.153. The van der Waals surface area contributed by atoms with Crippen LogP contribution in [-0.2, 0) is 17.5 Å². The fraction of sp³-hybridized carbons (Fsp3) is 0.409. The van der Waals surface area contributed by atoms with E-state index in [9.17, 15) is 17.4 Å². The predicted octanol–water partition coefficient (Wildman–Crippen LogP) is 3.81. The zero-order chi connectivity index (χ0) is 24.9. The summed E-state index contributed by atoms with van der Waals surface area (Å²) in [5.74, 6) is 0.714. The number of nitrogens with zero attached hydrogens (tertiary/aromatic N) is 4. The van der Waals surface area contributed by atoms with Crippen molar-refractivity contribution in [3.8, 4) is 11.5 Å². The molecule has 2 atom stereocenters. The zero-order valence-corrected chi connectivity index (χ0v) is 20.0. The molecule has 2 heterocycles. The second-order valence-electron chi connectivity index (χ2n) is 8.44. The molecule has 1 unspecified atom stereocenters. The Hall–Kier alpha value is -2.99. The molecule has 3 rings (SSSR count). The van der Waals surface area contributed by atoms with E-state index in [1.807, 2.05) is 45.0 Å². The van der Waals surface area contributed by atoms with Crippen molar-refractivity contribution < 1.29 is 26.9 Å². The number of pyridine rings is 1. The van der Waals surface area contributed by atoms with Crippen molar-refractivity contribution in [1.29, 1.82) is 0 Å². The monoisotopic (exact) mass is 497 g/mol. The third-order valence-corrected chi connectivity index (χ3v) is 6.16. The maximum absolute atomic E-state index is 12.8. The van der Waals surface area contributed by atoms with Gasteiger partial charge < -0.3 is 9.47 Å². The Bertz CT molecular complexity index is 1100. The molecule has 184 valence electrons. The lowest BCUT2D eigenvalue weighted by atomic mass is 10.1. The minimum Gasteiger partial charge on any atom is -0.497 e. The number of hydrogen-bond donors (Lipinski definition) is 1. The van der Waals surface area contributed by atoms with E-state index in [1.54, 1.807) is 18.0 Å². The first kappa shape index (κ1) is 25.6. The van der Waals surface area contributed by atoms with E-state index in [0.717, 1.165) is 11.3 Å². The highest BCUT2D eigenvalue weighted by Gasteiger charge is 2.29. The molecule has 0 saturated carbocycles. The van der Waals surface area contributed by atoms with Crippen LogP contribution in [0.1, 0.15) is 43.8 Å². The molecule has 0 bridgehead atoms. The number of aromatic nitrogens is 4. The lowest BCUT2D eigenvalue weighted by Gasteiger charge is -2.23. The van der Waals surface area contributed by atoms with Crippen LogP contribution in [0.3, 0.4) is 0 Å². The number of halogens is 3. The fourth-order valence-corrected chi connectivity index (χ4v) is 3.62. The third-order valence-electron chi connectivity index (χ3n) is 4.59. The molecular weight excluding hydrogens is 471 g/mol. The van der Waals surface area contributed by atoms with Crippen molar-refractivity contribution in [2.45, 2.75) is 44.3 Å². The Labute approximate surface area is 198 Å². The Kier molecular flexibility index (Phi) is 7.93. The highest BCUT2D eigenvalue weighted by molar-refractivity contribution is 7.84. The molecule has 0 aliphatic carbocycles. The normalized spacial score (nSPS) is 14.0. The number of ether oxygens (including phenoxy) is 2. The van der Waals surface area contributed by atoms with Gasteiger partial charge in [0.1, 0.15) is 23.2 Å². The van der Waals surface area contributed by atoms with E-state index in [0.29, 0.717) is 17.9 Å². The number of nitrogens with one attached hydrogen (secondary N) is 1. The van der Waals surface area contributed by atoms with Crippen LogP contribution in [0.25, 0.3) is 0 Å². The summed E-state index contributed by atoms with van der Waals surface area (Å²) in [4.78, 5) is 4.22. The summed E-state index contributed by atoms with van der Waals surface area (Å²) in [5.41, 5.74) is 1.85. The highest BCUT2D eigenvalue weighted by atomic mass is 32.2. The minimum atomic E-state index is -4.45. The zero-order valence-electron chi connectivity index (χ0n) is 19.2. The average Bonchev–Trinajstić information content (AvgIpc) is 3.24. The van der Waals surface area contributed by atoms with Gasteiger partial charge in [-0.3, -0.25) is 4.98 Å². The second kappa shape index (κ2) is 10.5. The molecule has 12 heteroatoms. The van der Waals surface area contributed by atoms with Crippen molar-refractivity contribution in [3.63, 3.8) is 0 Å². The van der Waals surface area contributed by atoms with Gasteiger partial charge in [0.05, 0.1) is 47.5 Å². The molecule has 3 aromatic rings. The molecule has 34 heavy (non-hydrogen) atoms. The maximum Gasteiger partial charge on any atom is 0.422 e. The molecule has 0 fully saturated rings. The van der Waals surface area contributed by atoms with Crippen LogP contribution in [0, 0.1) is 0 Å². The van der Waals surface area contributed by atoms with Gasteiger partial charge in [-0.05, 0) is 50.6 Å².